The molecular weight excluding hydrogens is 325 g/mol. The lowest BCUT2D eigenvalue weighted by atomic mass is 9.99. The van der Waals surface area contributed by atoms with Crippen molar-refractivity contribution in [3.8, 4) is 11.5 Å². The minimum atomic E-state index is -0.338. The zero-order chi connectivity index (χ0) is 17.6. The molecule has 1 saturated heterocycles. The molecule has 25 heavy (non-hydrogen) atoms. The minimum Gasteiger partial charge on any atom is -0.490 e. The third-order valence-electron chi connectivity index (χ3n) is 4.37. The van der Waals surface area contributed by atoms with Crippen molar-refractivity contribution < 1.29 is 18.3 Å². The molecule has 5 nitrogen and oxygen atoms in total. The highest BCUT2D eigenvalue weighted by Gasteiger charge is 2.22. The monoisotopic (exact) mass is 347 g/mol. The van der Waals surface area contributed by atoms with Gasteiger partial charge in [0.05, 0.1) is 20.3 Å². The Morgan fingerprint density at radius 1 is 1.32 bits per heavy atom. The van der Waals surface area contributed by atoms with Crippen LogP contribution in [0.5, 0.6) is 11.5 Å². The molecule has 3 rings (SSSR count). The molecule has 0 aliphatic carbocycles. The largest absolute Gasteiger partial charge is 0.490 e. The Bertz CT molecular complexity index is 761. The van der Waals surface area contributed by atoms with Crippen LogP contribution in [0.4, 0.5) is 4.39 Å². The van der Waals surface area contributed by atoms with Crippen LogP contribution in [0.3, 0.4) is 0 Å². The number of methoxy groups -OCH3 is 1. The lowest BCUT2D eigenvalue weighted by Gasteiger charge is -2.32. The lowest BCUT2D eigenvalue weighted by Crippen LogP contribution is -2.37. The highest BCUT2D eigenvalue weighted by molar-refractivity contribution is 5.23. The van der Waals surface area contributed by atoms with E-state index in [1.54, 1.807) is 18.2 Å². The molecule has 0 amide bonds. The maximum Gasteiger partial charge on any atom is 0.227 e. The normalized spacial score (nSPS) is 18.1. The van der Waals surface area contributed by atoms with Gasteiger partial charge in [-0.05, 0) is 31.5 Å². The fourth-order valence-electron chi connectivity index (χ4n) is 3.09. The van der Waals surface area contributed by atoms with Crippen LogP contribution in [0.2, 0.25) is 0 Å². The van der Waals surface area contributed by atoms with Crippen LogP contribution < -0.4 is 14.9 Å². The van der Waals surface area contributed by atoms with Gasteiger partial charge in [0.1, 0.15) is 12.0 Å². The molecule has 6 heteroatoms. The van der Waals surface area contributed by atoms with Crippen LogP contribution in [0.1, 0.15) is 18.6 Å². The van der Waals surface area contributed by atoms with Crippen molar-refractivity contribution in [2.75, 3.05) is 26.8 Å². The third-order valence-corrected chi connectivity index (χ3v) is 4.37. The molecular formula is C19H22FNO4. The van der Waals surface area contributed by atoms with Crippen molar-refractivity contribution in [3.05, 3.63) is 58.4 Å². The van der Waals surface area contributed by atoms with E-state index in [9.17, 15) is 9.18 Å². The second-order valence-electron chi connectivity index (χ2n) is 6.26. The first-order valence-electron chi connectivity index (χ1n) is 8.41. The fourth-order valence-corrected chi connectivity index (χ4v) is 3.09. The quantitative estimate of drug-likeness (QED) is 0.804. The van der Waals surface area contributed by atoms with Crippen molar-refractivity contribution in [1.82, 2.24) is 4.90 Å². The van der Waals surface area contributed by atoms with E-state index < -0.39 is 0 Å². The molecule has 1 unspecified atom stereocenters. The predicted octanol–water partition coefficient (Wildman–Crippen LogP) is 3.08. The summed E-state index contributed by atoms with van der Waals surface area (Å²) in [5.41, 5.74) is -0.180. The van der Waals surface area contributed by atoms with Gasteiger partial charge in [-0.15, -0.1) is 0 Å². The summed E-state index contributed by atoms with van der Waals surface area (Å²) in [5.74, 6) is 1.09. The van der Waals surface area contributed by atoms with Gasteiger partial charge in [0.15, 0.2) is 11.6 Å². The van der Waals surface area contributed by atoms with Gasteiger partial charge in [0.2, 0.25) is 11.2 Å². The Hall–Kier alpha value is -2.34. The average molecular weight is 347 g/mol. The third kappa shape index (κ3) is 4.60. The average Bonchev–Trinajstić information content (AvgIpc) is 2.62. The number of para-hydroxylation sites is 1. The molecule has 1 aliphatic heterocycles. The maximum absolute atomic E-state index is 13.6. The SMILES string of the molecule is COc1coc(CN2CCCC(COc3ccccc3F)C2)cc1=O. The molecule has 0 radical (unpaired) electrons. The molecule has 2 heterocycles. The van der Waals surface area contributed by atoms with E-state index >= 15 is 0 Å². The van der Waals surface area contributed by atoms with E-state index in [1.165, 1.54) is 25.5 Å². The van der Waals surface area contributed by atoms with E-state index in [4.69, 9.17) is 13.9 Å². The zero-order valence-electron chi connectivity index (χ0n) is 14.2. The molecule has 1 aliphatic rings. The Morgan fingerprint density at radius 2 is 2.16 bits per heavy atom. The number of rotatable bonds is 6. The van der Waals surface area contributed by atoms with Crippen LogP contribution in [0, 0.1) is 11.7 Å². The summed E-state index contributed by atoms with van der Waals surface area (Å²) >= 11 is 0. The Morgan fingerprint density at radius 3 is 2.92 bits per heavy atom. The molecule has 134 valence electrons. The van der Waals surface area contributed by atoms with Crippen molar-refractivity contribution in [2.45, 2.75) is 19.4 Å². The van der Waals surface area contributed by atoms with Gasteiger partial charge in [-0.1, -0.05) is 12.1 Å². The van der Waals surface area contributed by atoms with Gasteiger partial charge >= 0.3 is 0 Å². The highest BCUT2D eigenvalue weighted by Crippen LogP contribution is 2.22. The van der Waals surface area contributed by atoms with Crippen LogP contribution >= 0.6 is 0 Å². The van der Waals surface area contributed by atoms with Gasteiger partial charge in [0.25, 0.3) is 0 Å². The minimum absolute atomic E-state index is 0.180. The number of likely N-dealkylation sites (tertiary alicyclic amines) is 1. The summed E-state index contributed by atoms with van der Waals surface area (Å²) in [6.45, 7) is 2.80. The van der Waals surface area contributed by atoms with Crippen molar-refractivity contribution in [1.29, 1.82) is 0 Å². The first-order chi connectivity index (χ1) is 12.2. The van der Waals surface area contributed by atoms with Crippen LogP contribution in [0.15, 0.2) is 45.8 Å². The first-order valence-corrected chi connectivity index (χ1v) is 8.41. The Labute approximate surface area is 146 Å². The topological polar surface area (TPSA) is 51.9 Å². The number of hydrogen-bond donors (Lipinski definition) is 0. The second-order valence-corrected chi connectivity index (χ2v) is 6.26. The van der Waals surface area contributed by atoms with Crippen LogP contribution in [-0.4, -0.2) is 31.7 Å². The molecule has 1 atom stereocenters. The van der Waals surface area contributed by atoms with E-state index in [0.29, 0.717) is 30.6 Å². The molecule has 0 N–H and O–H groups in total. The molecule has 0 bridgehead atoms. The highest BCUT2D eigenvalue weighted by atomic mass is 19.1. The molecule has 0 spiro atoms. The summed E-state index contributed by atoms with van der Waals surface area (Å²) in [4.78, 5) is 14.0. The number of hydrogen-bond acceptors (Lipinski definition) is 5. The molecule has 1 fully saturated rings. The summed E-state index contributed by atoms with van der Waals surface area (Å²) in [6, 6.07) is 7.92. The van der Waals surface area contributed by atoms with Gasteiger partial charge in [-0.25, -0.2) is 4.39 Å². The van der Waals surface area contributed by atoms with E-state index in [-0.39, 0.29) is 17.0 Å². The second kappa shape index (κ2) is 8.16. The Kier molecular flexibility index (Phi) is 5.71. The van der Waals surface area contributed by atoms with E-state index in [0.717, 1.165) is 25.9 Å². The number of ether oxygens (including phenoxy) is 2. The van der Waals surface area contributed by atoms with Crippen LogP contribution in [0.25, 0.3) is 0 Å². The van der Waals surface area contributed by atoms with E-state index in [2.05, 4.69) is 4.90 Å². The van der Waals surface area contributed by atoms with Gasteiger partial charge in [0, 0.05) is 18.5 Å². The summed E-state index contributed by atoms with van der Waals surface area (Å²) in [6.07, 6.45) is 3.42. The molecule has 2 aromatic rings. The standard InChI is InChI=1S/C19H22FNO4/c1-23-19-13-24-15(9-17(19)22)11-21-8-4-5-14(10-21)12-25-18-7-3-2-6-16(18)20/h2-3,6-7,9,13-14H,4-5,8,10-12H2,1H3. The van der Waals surface area contributed by atoms with Gasteiger partial charge in [-0.2, -0.15) is 0 Å². The van der Waals surface area contributed by atoms with Gasteiger partial charge in [-0.3, -0.25) is 9.69 Å². The summed E-state index contributed by atoms with van der Waals surface area (Å²) < 4.78 is 29.6. The smallest absolute Gasteiger partial charge is 0.227 e. The predicted molar refractivity (Wildman–Crippen MR) is 91.4 cm³/mol. The van der Waals surface area contributed by atoms with Crippen molar-refractivity contribution in [3.63, 3.8) is 0 Å². The molecule has 1 aromatic carbocycles. The molecule has 0 saturated carbocycles. The zero-order valence-corrected chi connectivity index (χ0v) is 14.2. The first kappa shape index (κ1) is 17.5. The van der Waals surface area contributed by atoms with Crippen LogP contribution in [-0.2, 0) is 6.54 Å². The Balaban J connectivity index is 1.55. The fraction of sp³-hybridized carbons (Fsp3) is 0.421. The summed E-state index contributed by atoms with van der Waals surface area (Å²) in [7, 11) is 1.44. The number of nitrogens with zero attached hydrogens (tertiary/aromatic N) is 1. The lowest BCUT2D eigenvalue weighted by molar-refractivity contribution is 0.116. The number of benzene rings is 1. The van der Waals surface area contributed by atoms with Crippen molar-refractivity contribution in [2.24, 2.45) is 5.92 Å². The molecule has 1 aromatic heterocycles. The van der Waals surface area contributed by atoms with Gasteiger partial charge < -0.3 is 13.9 Å². The van der Waals surface area contributed by atoms with E-state index in [1.807, 2.05) is 0 Å². The number of halogens is 1. The maximum atomic E-state index is 13.6. The van der Waals surface area contributed by atoms with Crippen molar-refractivity contribution >= 4 is 0 Å². The number of piperidine rings is 1. The summed E-state index contributed by atoms with van der Waals surface area (Å²) in [5, 5.41) is 0.